The number of nitrogen functional groups attached to an aromatic ring is 1. The number of nitrogens with zero attached hydrogens (tertiary/aromatic N) is 5. The van der Waals surface area contributed by atoms with E-state index in [2.05, 4.69) is 21.8 Å². The van der Waals surface area contributed by atoms with Gasteiger partial charge >= 0.3 is 0 Å². The van der Waals surface area contributed by atoms with Crippen molar-refractivity contribution in [2.24, 2.45) is 0 Å². The van der Waals surface area contributed by atoms with Gasteiger partial charge in [-0.2, -0.15) is 0 Å². The van der Waals surface area contributed by atoms with Crippen LogP contribution in [0.25, 0.3) is 16.9 Å². The highest BCUT2D eigenvalue weighted by atomic mass is 19.1. The summed E-state index contributed by atoms with van der Waals surface area (Å²) in [6.45, 7) is 2.71. The minimum atomic E-state index is -0.517. The second kappa shape index (κ2) is 8.83. The lowest BCUT2D eigenvalue weighted by molar-refractivity contribution is -0.124. The zero-order valence-electron chi connectivity index (χ0n) is 18.4. The van der Waals surface area contributed by atoms with Gasteiger partial charge in [0.15, 0.2) is 5.82 Å². The van der Waals surface area contributed by atoms with Crippen molar-refractivity contribution in [3.63, 3.8) is 0 Å². The Labute approximate surface area is 195 Å². The molecule has 1 aliphatic rings. The second-order valence-corrected chi connectivity index (χ2v) is 7.87. The molecule has 4 heterocycles. The highest BCUT2D eigenvalue weighted by Crippen LogP contribution is 2.35. The Hall–Kier alpha value is -4.45. The predicted octanol–water partition coefficient (Wildman–Crippen LogP) is 3.64. The maximum absolute atomic E-state index is 15.3. The fraction of sp³-hybridized carbons (Fsp3) is 0.200. The van der Waals surface area contributed by atoms with E-state index in [1.165, 1.54) is 6.07 Å². The van der Waals surface area contributed by atoms with Crippen LogP contribution in [0, 0.1) is 17.7 Å². The van der Waals surface area contributed by atoms with Gasteiger partial charge in [0.2, 0.25) is 11.8 Å². The first-order valence-electron chi connectivity index (χ1n) is 10.8. The number of hydrogen-bond acceptors (Lipinski definition) is 6. The van der Waals surface area contributed by atoms with Gasteiger partial charge in [-0.25, -0.2) is 19.3 Å². The smallest absolute Gasteiger partial charge is 0.298 e. The topological polar surface area (TPSA) is 98.6 Å². The third-order valence-electron chi connectivity index (χ3n) is 5.75. The summed E-state index contributed by atoms with van der Waals surface area (Å²) in [6.07, 6.45) is 3.92. The standard InChI is InChI=1S/C25H21FN6O2/c1-2-5-22(33)31-13-10-16(15-31)23-20-9-12-29-25(27)32(20)24(30-23)18-8-7-17(14-19(18)26)34-21-6-3-4-11-28-21/h3-4,6-9,11-12,14,16H,10,13,15H2,1H3,(H2,27,29). The van der Waals surface area contributed by atoms with Crippen LogP contribution < -0.4 is 10.5 Å². The average Bonchev–Trinajstić information content (AvgIpc) is 3.46. The third-order valence-corrected chi connectivity index (χ3v) is 5.75. The second-order valence-electron chi connectivity index (χ2n) is 7.87. The predicted molar refractivity (Wildman–Crippen MR) is 124 cm³/mol. The molecule has 3 aromatic heterocycles. The molecule has 1 amide bonds. The molecule has 4 aromatic rings. The monoisotopic (exact) mass is 456 g/mol. The number of hydrogen-bond donors (Lipinski definition) is 1. The number of likely N-dealkylation sites (tertiary alicyclic amines) is 1. The lowest BCUT2D eigenvalue weighted by Crippen LogP contribution is -2.26. The largest absolute Gasteiger partial charge is 0.439 e. The number of benzene rings is 1. The number of pyridine rings is 1. The number of imidazole rings is 1. The van der Waals surface area contributed by atoms with Crippen molar-refractivity contribution in [1.29, 1.82) is 0 Å². The first-order valence-corrected chi connectivity index (χ1v) is 10.8. The first kappa shape index (κ1) is 21.4. The van der Waals surface area contributed by atoms with Crippen molar-refractivity contribution in [2.75, 3.05) is 18.8 Å². The number of anilines is 1. The number of amides is 1. The van der Waals surface area contributed by atoms with E-state index in [1.807, 2.05) is 0 Å². The molecule has 8 nitrogen and oxygen atoms in total. The van der Waals surface area contributed by atoms with Crippen molar-refractivity contribution >= 4 is 17.4 Å². The molecule has 1 fully saturated rings. The summed E-state index contributed by atoms with van der Waals surface area (Å²) < 4.78 is 22.5. The highest BCUT2D eigenvalue weighted by molar-refractivity contribution is 5.93. The fourth-order valence-electron chi connectivity index (χ4n) is 4.19. The summed E-state index contributed by atoms with van der Waals surface area (Å²) in [5, 5.41) is 0. The van der Waals surface area contributed by atoms with E-state index in [1.54, 1.807) is 65.0 Å². The number of carbonyl (C=O) groups is 1. The van der Waals surface area contributed by atoms with Gasteiger partial charge in [-0.1, -0.05) is 12.0 Å². The van der Waals surface area contributed by atoms with Crippen LogP contribution in [-0.2, 0) is 4.79 Å². The summed E-state index contributed by atoms with van der Waals surface area (Å²) in [5.41, 5.74) is 7.92. The van der Waals surface area contributed by atoms with Crippen LogP contribution in [0.2, 0.25) is 0 Å². The zero-order valence-corrected chi connectivity index (χ0v) is 18.4. The van der Waals surface area contributed by atoms with Crippen molar-refractivity contribution in [3.05, 3.63) is 66.4 Å². The zero-order chi connectivity index (χ0) is 23.7. The summed E-state index contributed by atoms with van der Waals surface area (Å²) in [7, 11) is 0. The molecule has 0 spiro atoms. The Balaban J connectivity index is 1.52. The SMILES string of the molecule is CC#CC(=O)N1CCC(c2nc(-c3ccc(Oc4ccccn4)cc3F)n3c(N)nccc23)C1. The summed E-state index contributed by atoms with van der Waals surface area (Å²) >= 11 is 0. The Morgan fingerprint density at radius 2 is 2.09 bits per heavy atom. The number of carbonyl (C=O) groups excluding carboxylic acids is 1. The van der Waals surface area contributed by atoms with E-state index in [0.717, 1.165) is 17.6 Å². The lowest BCUT2D eigenvalue weighted by Gasteiger charge is -2.12. The first-order chi connectivity index (χ1) is 16.5. The average molecular weight is 456 g/mol. The molecule has 1 unspecified atom stereocenters. The van der Waals surface area contributed by atoms with E-state index in [9.17, 15) is 4.79 Å². The van der Waals surface area contributed by atoms with E-state index < -0.39 is 5.82 Å². The molecule has 0 aliphatic carbocycles. The van der Waals surface area contributed by atoms with Crippen LogP contribution >= 0.6 is 0 Å². The molecule has 2 N–H and O–H groups in total. The molecule has 1 saturated heterocycles. The van der Waals surface area contributed by atoms with Crippen molar-refractivity contribution in [2.45, 2.75) is 19.3 Å². The molecule has 5 rings (SSSR count). The van der Waals surface area contributed by atoms with Crippen molar-refractivity contribution < 1.29 is 13.9 Å². The molecule has 0 saturated carbocycles. The van der Waals surface area contributed by atoms with Gasteiger partial charge in [0.25, 0.3) is 5.91 Å². The van der Waals surface area contributed by atoms with E-state index in [-0.39, 0.29) is 23.3 Å². The van der Waals surface area contributed by atoms with Crippen LogP contribution in [-0.4, -0.2) is 43.2 Å². The summed E-state index contributed by atoms with van der Waals surface area (Å²) in [6, 6.07) is 11.6. The summed E-state index contributed by atoms with van der Waals surface area (Å²) in [4.78, 5) is 27.0. The molecule has 34 heavy (non-hydrogen) atoms. The quantitative estimate of drug-likeness (QED) is 0.471. The number of ether oxygens (including phenoxy) is 1. The van der Waals surface area contributed by atoms with Gasteiger partial charge < -0.3 is 15.4 Å². The van der Waals surface area contributed by atoms with Gasteiger partial charge in [0, 0.05) is 43.5 Å². The lowest BCUT2D eigenvalue weighted by atomic mass is 10.0. The van der Waals surface area contributed by atoms with E-state index >= 15 is 4.39 Å². The Morgan fingerprint density at radius 1 is 1.21 bits per heavy atom. The normalized spacial score (nSPS) is 15.2. The number of aromatic nitrogens is 4. The molecule has 1 aliphatic heterocycles. The van der Waals surface area contributed by atoms with Crippen LogP contribution in [0.3, 0.4) is 0 Å². The summed E-state index contributed by atoms with van der Waals surface area (Å²) in [5.74, 6) is 5.70. The molecule has 170 valence electrons. The van der Waals surface area contributed by atoms with E-state index in [0.29, 0.717) is 30.5 Å². The minimum absolute atomic E-state index is 0.0250. The van der Waals surface area contributed by atoms with E-state index in [4.69, 9.17) is 15.5 Å². The molecule has 9 heteroatoms. The molecule has 0 radical (unpaired) electrons. The Kier molecular flexibility index (Phi) is 5.55. The van der Waals surface area contributed by atoms with Crippen LogP contribution in [0.4, 0.5) is 10.3 Å². The fourth-order valence-corrected chi connectivity index (χ4v) is 4.19. The minimum Gasteiger partial charge on any atom is -0.439 e. The molecule has 1 aromatic carbocycles. The molecular formula is C25H21FN6O2. The molecular weight excluding hydrogens is 435 g/mol. The highest BCUT2D eigenvalue weighted by Gasteiger charge is 2.31. The number of nitrogens with two attached hydrogens (primary N) is 1. The Morgan fingerprint density at radius 3 is 2.85 bits per heavy atom. The molecule has 1 atom stereocenters. The Bertz CT molecular complexity index is 1440. The van der Waals surface area contributed by atoms with Crippen molar-refractivity contribution in [3.8, 4) is 34.9 Å². The molecule has 0 bridgehead atoms. The number of fused-ring (bicyclic) bond motifs is 1. The number of rotatable bonds is 4. The van der Waals surface area contributed by atoms with Crippen LogP contribution in [0.1, 0.15) is 25.0 Å². The van der Waals surface area contributed by atoms with Gasteiger partial charge in [-0.05, 0) is 43.5 Å². The van der Waals surface area contributed by atoms with Crippen LogP contribution in [0.15, 0.2) is 54.9 Å². The van der Waals surface area contributed by atoms with Gasteiger partial charge in [0.1, 0.15) is 11.6 Å². The maximum Gasteiger partial charge on any atom is 0.298 e. The number of halogens is 1. The third kappa shape index (κ3) is 3.90. The van der Waals surface area contributed by atoms with Crippen LogP contribution in [0.5, 0.6) is 11.6 Å². The van der Waals surface area contributed by atoms with Gasteiger partial charge in [-0.3, -0.25) is 9.20 Å². The maximum atomic E-state index is 15.3. The van der Waals surface area contributed by atoms with Gasteiger partial charge in [0.05, 0.1) is 16.8 Å². The van der Waals surface area contributed by atoms with Gasteiger partial charge in [-0.15, -0.1) is 0 Å². The van der Waals surface area contributed by atoms with Crippen molar-refractivity contribution in [1.82, 2.24) is 24.3 Å².